The lowest BCUT2D eigenvalue weighted by Crippen LogP contribution is -2.13. The molecular weight excluding hydrogens is 173 g/mol. The second-order valence-electron chi connectivity index (χ2n) is 2.71. The van der Waals surface area contributed by atoms with Gasteiger partial charge in [0.1, 0.15) is 12.6 Å². The second kappa shape index (κ2) is 3.89. The van der Waals surface area contributed by atoms with Crippen molar-refractivity contribution in [1.29, 1.82) is 0 Å². The van der Waals surface area contributed by atoms with Gasteiger partial charge in [0.25, 0.3) is 0 Å². The molecule has 0 aliphatic rings. The Bertz CT molecular complexity index is 297. The maximum absolute atomic E-state index is 12.3. The predicted molar refractivity (Wildman–Crippen MR) is 47.2 cm³/mol. The molecule has 0 aromatic heterocycles. The average Bonchev–Trinajstić information content (AvgIpc) is 2.09. The van der Waals surface area contributed by atoms with Crippen molar-refractivity contribution in [2.75, 3.05) is 12.4 Å². The fraction of sp³-hybridized carbons (Fsp3) is 0.222. The Balaban J connectivity index is 2.92. The van der Waals surface area contributed by atoms with E-state index in [2.05, 4.69) is 0 Å². The number of halogens is 1. The van der Waals surface area contributed by atoms with Crippen molar-refractivity contribution in [2.45, 2.75) is 5.92 Å². The Morgan fingerprint density at radius 2 is 2.00 bits per heavy atom. The van der Waals surface area contributed by atoms with E-state index in [0.717, 1.165) is 0 Å². The lowest BCUT2D eigenvalue weighted by atomic mass is 10.0. The Morgan fingerprint density at radius 3 is 2.38 bits per heavy atom. The van der Waals surface area contributed by atoms with Crippen LogP contribution in [0, 0.1) is 0 Å². The van der Waals surface area contributed by atoms with Gasteiger partial charge in [0.15, 0.2) is 0 Å². The van der Waals surface area contributed by atoms with Crippen LogP contribution >= 0.6 is 0 Å². The number of nitrogens with two attached hydrogens (primary N) is 1. The number of carbonyl (C=O) groups is 1. The summed E-state index contributed by atoms with van der Waals surface area (Å²) in [5.41, 5.74) is 6.37. The largest absolute Gasteiger partial charge is 0.481 e. The van der Waals surface area contributed by atoms with Gasteiger partial charge >= 0.3 is 5.97 Å². The van der Waals surface area contributed by atoms with Crippen LogP contribution in [0.25, 0.3) is 0 Å². The Morgan fingerprint density at radius 1 is 1.46 bits per heavy atom. The molecule has 1 rings (SSSR count). The number of benzene rings is 1. The van der Waals surface area contributed by atoms with Crippen LogP contribution in [0.4, 0.5) is 10.1 Å². The topological polar surface area (TPSA) is 63.3 Å². The summed E-state index contributed by atoms with van der Waals surface area (Å²) in [5, 5.41) is 8.62. The quantitative estimate of drug-likeness (QED) is 0.696. The van der Waals surface area contributed by atoms with Gasteiger partial charge in [0, 0.05) is 5.69 Å². The number of anilines is 1. The van der Waals surface area contributed by atoms with Gasteiger partial charge in [-0.15, -0.1) is 0 Å². The van der Waals surface area contributed by atoms with Crippen molar-refractivity contribution >= 4 is 11.7 Å². The van der Waals surface area contributed by atoms with Crippen molar-refractivity contribution in [3.8, 4) is 0 Å². The first kappa shape index (κ1) is 9.51. The van der Waals surface area contributed by atoms with Crippen LogP contribution in [0.3, 0.4) is 0 Å². The maximum atomic E-state index is 12.3. The summed E-state index contributed by atoms with van der Waals surface area (Å²) in [4.78, 5) is 10.5. The van der Waals surface area contributed by atoms with Crippen LogP contribution in [-0.2, 0) is 4.79 Å². The maximum Gasteiger partial charge on any atom is 0.313 e. The summed E-state index contributed by atoms with van der Waals surface area (Å²) in [6.45, 7) is -0.904. The highest BCUT2D eigenvalue weighted by atomic mass is 19.1. The molecule has 0 aliphatic carbocycles. The Kier molecular flexibility index (Phi) is 2.84. The lowest BCUT2D eigenvalue weighted by molar-refractivity contribution is -0.139. The van der Waals surface area contributed by atoms with Gasteiger partial charge in [-0.05, 0) is 17.7 Å². The van der Waals surface area contributed by atoms with E-state index in [1.54, 1.807) is 12.1 Å². The number of hydrogen-bond acceptors (Lipinski definition) is 2. The molecule has 0 saturated heterocycles. The zero-order valence-electron chi connectivity index (χ0n) is 6.90. The molecule has 0 aliphatic heterocycles. The van der Waals surface area contributed by atoms with Crippen LogP contribution in [0.2, 0.25) is 0 Å². The molecule has 1 unspecified atom stereocenters. The molecule has 3 nitrogen and oxygen atoms in total. The number of nitrogen functional groups attached to an aromatic ring is 1. The van der Waals surface area contributed by atoms with E-state index >= 15 is 0 Å². The Hall–Kier alpha value is -1.58. The minimum absolute atomic E-state index is 0.434. The molecule has 0 bridgehead atoms. The highest BCUT2D eigenvalue weighted by Crippen LogP contribution is 2.17. The third kappa shape index (κ3) is 2.18. The molecule has 0 spiro atoms. The fourth-order valence-corrected chi connectivity index (χ4v) is 1.03. The second-order valence-corrected chi connectivity index (χ2v) is 2.71. The first-order chi connectivity index (χ1) is 6.15. The monoisotopic (exact) mass is 183 g/mol. The molecule has 4 heteroatoms. The van der Waals surface area contributed by atoms with E-state index in [9.17, 15) is 9.18 Å². The number of aliphatic carboxylic acids is 1. The molecule has 3 N–H and O–H groups in total. The van der Waals surface area contributed by atoms with E-state index in [4.69, 9.17) is 10.8 Å². The summed E-state index contributed by atoms with van der Waals surface area (Å²) in [5.74, 6) is -2.24. The molecule has 0 radical (unpaired) electrons. The number of carboxylic acid groups (broad SMARTS) is 1. The third-order valence-corrected chi connectivity index (χ3v) is 1.79. The van der Waals surface area contributed by atoms with E-state index in [1.165, 1.54) is 12.1 Å². The first-order valence-corrected chi connectivity index (χ1v) is 3.79. The zero-order valence-corrected chi connectivity index (χ0v) is 6.90. The summed E-state index contributed by atoms with van der Waals surface area (Å²) in [6, 6.07) is 6.16. The van der Waals surface area contributed by atoms with Crippen LogP contribution in [0.15, 0.2) is 24.3 Å². The molecule has 1 atom stereocenters. The van der Waals surface area contributed by atoms with Crippen molar-refractivity contribution in [3.63, 3.8) is 0 Å². The van der Waals surface area contributed by atoms with Crippen molar-refractivity contribution in [2.24, 2.45) is 0 Å². The molecular formula is C9H10FNO2. The average molecular weight is 183 g/mol. The normalized spacial score (nSPS) is 12.4. The number of carboxylic acids is 1. The SMILES string of the molecule is Nc1ccc(C(CF)C(=O)O)cc1. The summed E-state index contributed by atoms with van der Waals surface area (Å²) >= 11 is 0. The van der Waals surface area contributed by atoms with E-state index in [0.29, 0.717) is 11.3 Å². The van der Waals surface area contributed by atoms with Gasteiger partial charge in [0.05, 0.1) is 0 Å². The minimum Gasteiger partial charge on any atom is -0.481 e. The molecule has 70 valence electrons. The van der Waals surface area contributed by atoms with Gasteiger partial charge in [-0.2, -0.15) is 0 Å². The number of alkyl halides is 1. The van der Waals surface area contributed by atoms with Gasteiger partial charge in [-0.1, -0.05) is 12.1 Å². The third-order valence-electron chi connectivity index (χ3n) is 1.79. The van der Waals surface area contributed by atoms with Gasteiger partial charge in [-0.3, -0.25) is 4.79 Å². The number of rotatable bonds is 3. The van der Waals surface area contributed by atoms with Crippen LogP contribution in [-0.4, -0.2) is 17.8 Å². The predicted octanol–water partition coefficient (Wildman–Crippen LogP) is 1.41. The Labute approximate surface area is 75.0 Å². The molecule has 0 amide bonds. The summed E-state index contributed by atoms with van der Waals surface area (Å²) < 4.78 is 12.3. The van der Waals surface area contributed by atoms with Crippen LogP contribution in [0.1, 0.15) is 11.5 Å². The minimum atomic E-state index is -1.16. The van der Waals surface area contributed by atoms with Crippen molar-refractivity contribution in [1.82, 2.24) is 0 Å². The number of hydrogen-bond donors (Lipinski definition) is 2. The molecule has 0 heterocycles. The van der Waals surface area contributed by atoms with Gasteiger partial charge in [-0.25, -0.2) is 4.39 Å². The highest BCUT2D eigenvalue weighted by molar-refractivity contribution is 5.76. The molecule has 13 heavy (non-hydrogen) atoms. The van der Waals surface area contributed by atoms with Crippen molar-refractivity contribution in [3.05, 3.63) is 29.8 Å². The molecule has 0 saturated carbocycles. The molecule has 1 aromatic rings. The van der Waals surface area contributed by atoms with Crippen molar-refractivity contribution < 1.29 is 14.3 Å². The fourth-order valence-electron chi connectivity index (χ4n) is 1.03. The summed E-state index contributed by atoms with van der Waals surface area (Å²) in [6.07, 6.45) is 0. The molecule has 1 aromatic carbocycles. The van der Waals surface area contributed by atoms with Gasteiger partial charge < -0.3 is 10.8 Å². The standard InChI is InChI=1S/C9H10FNO2/c10-5-8(9(12)13)6-1-3-7(11)4-2-6/h1-4,8H,5,11H2,(H,12,13). The van der Waals surface area contributed by atoms with E-state index in [1.807, 2.05) is 0 Å². The zero-order chi connectivity index (χ0) is 9.84. The highest BCUT2D eigenvalue weighted by Gasteiger charge is 2.18. The van der Waals surface area contributed by atoms with Crippen LogP contribution < -0.4 is 5.73 Å². The molecule has 0 fully saturated rings. The first-order valence-electron chi connectivity index (χ1n) is 3.79. The van der Waals surface area contributed by atoms with E-state index < -0.39 is 18.6 Å². The van der Waals surface area contributed by atoms with Gasteiger partial charge in [0.2, 0.25) is 0 Å². The lowest BCUT2D eigenvalue weighted by Gasteiger charge is -2.07. The van der Waals surface area contributed by atoms with Crippen LogP contribution in [0.5, 0.6) is 0 Å². The van der Waals surface area contributed by atoms with E-state index in [-0.39, 0.29) is 0 Å². The summed E-state index contributed by atoms with van der Waals surface area (Å²) in [7, 11) is 0. The smallest absolute Gasteiger partial charge is 0.313 e.